The van der Waals surface area contributed by atoms with Crippen LogP contribution in [0.2, 0.25) is 0 Å². The van der Waals surface area contributed by atoms with Crippen molar-refractivity contribution in [3.8, 4) is 11.1 Å². The number of halogens is 1. The average Bonchev–Trinajstić information content (AvgIpc) is 2.94. The molecule has 2 rings (SSSR count). The van der Waals surface area contributed by atoms with Crippen molar-refractivity contribution >= 4 is 15.9 Å². The van der Waals surface area contributed by atoms with Crippen molar-refractivity contribution in [2.24, 2.45) is 5.41 Å². The molecule has 102 valence electrons. The van der Waals surface area contributed by atoms with Gasteiger partial charge in [-0.25, -0.2) is 0 Å². The Morgan fingerprint density at radius 1 is 1.11 bits per heavy atom. The molecule has 1 aromatic heterocycles. The summed E-state index contributed by atoms with van der Waals surface area (Å²) in [4.78, 5) is 0. The summed E-state index contributed by atoms with van der Waals surface area (Å²) in [6.45, 7) is 5.48. The Labute approximate surface area is 124 Å². The molecule has 0 saturated heterocycles. The molecule has 0 aliphatic carbocycles. The first-order chi connectivity index (χ1) is 9.23. The van der Waals surface area contributed by atoms with E-state index in [0.29, 0.717) is 5.41 Å². The van der Waals surface area contributed by atoms with Crippen LogP contribution in [0.25, 0.3) is 11.1 Å². The number of alkyl halides is 1. The maximum Gasteiger partial charge on any atom is 0.0568 e. The Bertz CT molecular complexity index is 492. The molecule has 0 amide bonds. The van der Waals surface area contributed by atoms with Gasteiger partial charge in [-0.1, -0.05) is 60.1 Å². The Morgan fingerprint density at radius 2 is 1.79 bits per heavy atom. The maximum atomic E-state index is 4.52. The van der Waals surface area contributed by atoms with Crippen LogP contribution in [-0.4, -0.2) is 15.1 Å². The standard InChI is InChI=1S/C16H21BrN2/c1-3-16(4-2,12-17)13-19-11-15(10-18-19)14-8-6-5-7-9-14/h5-11H,3-4,12-13H2,1-2H3. The van der Waals surface area contributed by atoms with Gasteiger partial charge in [-0.15, -0.1) is 0 Å². The molecule has 0 fully saturated rings. The van der Waals surface area contributed by atoms with E-state index >= 15 is 0 Å². The summed E-state index contributed by atoms with van der Waals surface area (Å²) in [6, 6.07) is 10.4. The summed E-state index contributed by atoms with van der Waals surface area (Å²) in [5, 5.41) is 5.54. The second-order valence-corrected chi connectivity index (χ2v) is 5.69. The van der Waals surface area contributed by atoms with Gasteiger partial charge in [-0.05, 0) is 23.8 Å². The first kappa shape index (κ1) is 14.3. The SMILES string of the molecule is CCC(CC)(CBr)Cn1cc(-c2ccccc2)cn1. The fourth-order valence-corrected chi connectivity index (χ4v) is 3.25. The van der Waals surface area contributed by atoms with Crippen LogP contribution in [0.3, 0.4) is 0 Å². The Kier molecular flexibility index (Phi) is 4.81. The third-order valence-electron chi connectivity index (χ3n) is 4.02. The number of benzene rings is 1. The van der Waals surface area contributed by atoms with Crippen molar-refractivity contribution in [2.45, 2.75) is 33.2 Å². The lowest BCUT2D eigenvalue weighted by Crippen LogP contribution is -2.27. The predicted molar refractivity (Wildman–Crippen MR) is 84.5 cm³/mol. The van der Waals surface area contributed by atoms with Gasteiger partial charge in [0.25, 0.3) is 0 Å². The molecule has 2 aromatic rings. The second-order valence-electron chi connectivity index (χ2n) is 5.13. The number of hydrogen-bond acceptors (Lipinski definition) is 1. The van der Waals surface area contributed by atoms with E-state index in [1.807, 2.05) is 12.3 Å². The Balaban J connectivity index is 2.18. The lowest BCUT2D eigenvalue weighted by Gasteiger charge is -2.29. The molecule has 0 aliphatic heterocycles. The zero-order chi connectivity index (χ0) is 13.7. The van der Waals surface area contributed by atoms with Gasteiger partial charge in [0.1, 0.15) is 0 Å². The number of aromatic nitrogens is 2. The van der Waals surface area contributed by atoms with Gasteiger partial charge in [0.05, 0.1) is 6.20 Å². The molecule has 0 spiro atoms. The highest BCUT2D eigenvalue weighted by molar-refractivity contribution is 9.09. The molecular formula is C16H21BrN2. The summed E-state index contributed by atoms with van der Waals surface area (Å²) in [7, 11) is 0. The van der Waals surface area contributed by atoms with Gasteiger partial charge in [0.15, 0.2) is 0 Å². The van der Waals surface area contributed by atoms with E-state index in [4.69, 9.17) is 0 Å². The number of hydrogen-bond donors (Lipinski definition) is 0. The normalized spacial score (nSPS) is 11.7. The first-order valence-electron chi connectivity index (χ1n) is 6.87. The third-order valence-corrected chi connectivity index (χ3v) is 5.21. The van der Waals surface area contributed by atoms with Crippen LogP contribution < -0.4 is 0 Å². The van der Waals surface area contributed by atoms with E-state index in [0.717, 1.165) is 24.7 Å². The van der Waals surface area contributed by atoms with Crippen LogP contribution in [0.4, 0.5) is 0 Å². The molecule has 1 heterocycles. The fraction of sp³-hybridized carbons (Fsp3) is 0.438. The Morgan fingerprint density at radius 3 is 2.37 bits per heavy atom. The number of nitrogens with zero attached hydrogens (tertiary/aromatic N) is 2. The lowest BCUT2D eigenvalue weighted by molar-refractivity contribution is 0.248. The van der Waals surface area contributed by atoms with Crippen molar-refractivity contribution in [3.05, 3.63) is 42.7 Å². The van der Waals surface area contributed by atoms with E-state index in [2.05, 4.69) is 70.0 Å². The minimum Gasteiger partial charge on any atom is -0.272 e. The molecule has 0 N–H and O–H groups in total. The van der Waals surface area contributed by atoms with Gasteiger partial charge in [0, 0.05) is 23.6 Å². The van der Waals surface area contributed by atoms with E-state index in [1.54, 1.807) is 0 Å². The fourth-order valence-electron chi connectivity index (χ4n) is 2.28. The molecule has 0 radical (unpaired) electrons. The molecule has 0 aliphatic rings. The molecule has 0 atom stereocenters. The highest BCUT2D eigenvalue weighted by Crippen LogP contribution is 2.31. The van der Waals surface area contributed by atoms with Gasteiger partial charge in [-0.2, -0.15) is 5.10 Å². The van der Waals surface area contributed by atoms with Crippen LogP contribution in [0.15, 0.2) is 42.7 Å². The van der Waals surface area contributed by atoms with E-state index in [-0.39, 0.29) is 0 Å². The minimum absolute atomic E-state index is 0.306. The van der Waals surface area contributed by atoms with Crippen molar-refractivity contribution in [1.29, 1.82) is 0 Å². The zero-order valence-corrected chi connectivity index (χ0v) is 13.2. The first-order valence-corrected chi connectivity index (χ1v) is 7.99. The topological polar surface area (TPSA) is 17.8 Å². The molecular weight excluding hydrogens is 300 g/mol. The van der Waals surface area contributed by atoms with Crippen LogP contribution in [0, 0.1) is 5.41 Å². The number of rotatable bonds is 6. The minimum atomic E-state index is 0.306. The molecule has 2 nitrogen and oxygen atoms in total. The molecule has 0 saturated carbocycles. The summed E-state index contributed by atoms with van der Waals surface area (Å²) in [5.74, 6) is 0. The highest BCUT2D eigenvalue weighted by atomic mass is 79.9. The van der Waals surface area contributed by atoms with Gasteiger partial charge in [0.2, 0.25) is 0 Å². The highest BCUT2D eigenvalue weighted by Gasteiger charge is 2.25. The van der Waals surface area contributed by atoms with Crippen molar-refractivity contribution < 1.29 is 0 Å². The summed E-state index contributed by atoms with van der Waals surface area (Å²) in [5.41, 5.74) is 2.72. The third kappa shape index (κ3) is 3.27. The predicted octanol–water partition coefficient (Wildman–Crippen LogP) is 4.75. The van der Waals surface area contributed by atoms with Crippen LogP contribution in [0.1, 0.15) is 26.7 Å². The van der Waals surface area contributed by atoms with Crippen LogP contribution in [0.5, 0.6) is 0 Å². The van der Waals surface area contributed by atoms with Crippen LogP contribution >= 0.6 is 15.9 Å². The van der Waals surface area contributed by atoms with Crippen molar-refractivity contribution in [1.82, 2.24) is 9.78 Å². The molecule has 0 bridgehead atoms. The van der Waals surface area contributed by atoms with Crippen LogP contribution in [-0.2, 0) is 6.54 Å². The molecule has 3 heteroatoms. The van der Waals surface area contributed by atoms with Gasteiger partial charge < -0.3 is 0 Å². The molecule has 19 heavy (non-hydrogen) atoms. The largest absolute Gasteiger partial charge is 0.272 e. The summed E-state index contributed by atoms with van der Waals surface area (Å²) >= 11 is 3.66. The Hall–Kier alpha value is -1.09. The quantitative estimate of drug-likeness (QED) is 0.702. The van der Waals surface area contributed by atoms with E-state index < -0.39 is 0 Å². The maximum absolute atomic E-state index is 4.52. The second kappa shape index (κ2) is 6.38. The summed E-state index contributed by atoms with van der Waals surface area (Å²) in [6.07, 6.45) is 6.43. The van der Waals surface area contributed by atoms with E-state index in [9.17, 15) is 0 Å². The average molecular weight is 321 g/mol. The zero-order valence-electron chi connectivity index (χ0n) is 11.6. The molecule has 0 unspecified atom stereocenters. The van der Waals surface area contributed by atoms with Gasteiger partial charge in [-0.3, -0.25) is 4.68 Å². The smallest absolute Gasteiger partial charge is 0.0568 e. The van der Waals surface area contributed by atoms with Crippen molar-refractivity contribution in [2.75, 3.05) is 5.33 Å². The monoisotopic (exact) mass is 320 g/mol. The molecule has 1 aromatic carbocycles. The lowest BCUT2D eigenvalue weighted by atomic mass is 9.85. The van der Waals surface area contributed by atoms with Gasteiger partial charge >= 0.3 is 0 Å². The summed E-state index contributed by atoms with van der Waals surface area (Å²) < 4.78 is 2.08. The van der Waals surface area contributed by atoms with Crippen molar-refractivity contribution in [3.63, 3.8) is 0 Å². The van der Waals surface area contributed by atoms with E-state index in [1.165, 1.54) is 11.1 Å².